The molecule has 4 rings (SSSR count). The van der Waals surface area contributed by atoms with Crippen LogP contribution in [0.3, 0.4) is 0 Å². The number of hydrogen-bond donors (Lipinski definition) is 1. The molecule has 3 aromatic carbocycles. The zero-order valence-corrected chi connectivity index (χ0v) is 20.6. The molecular formula is C23H23N5O5S2. The van der Waals surface area contributed by atoms with E-state index in [9.17, 15) is 16.8 Å². The Labute approximate surface area is 203 Å². The Morgan fingerprint density at radius 1 is 0.857 bits per heavy atom. The summed E-state index contributed by atoms with van der Waals surface area (Å²) in [7, 11) is -5.93. The van der Waals surface area contributed by atoms with Crippen molar-refractivity contribution in [3.63, 3.8) is 0 Å². The van der Waals surface area contributed by atoms with Gasteiger partial charge in [-0.25, -0.2) is 16.8 Å². The number of ether oxygens (including phenoxy) is 1. The van der Waals surface area contributed by atoms with Gasteiger partial charge in [0.1, 0.15) is 10.6 Å². The molecule has 0 aliphatic carbocycles. The van der Waals surface area contributed by atoms with Gasteiger partial charge in [-0.3, -0.25) is 0 Å². The fraction of sp³-hybridized carbons (Fsp3) is 0.174. The molecule has 0 aliphatic heterocycles. The Hall–Kier alpha value is -3.61. The fourth-order valence-electron chi connectivity index (χ4n) is 3.49. The molecule has 0 radical (unpaired) electrons. The standard InChI is InChI=1S/C23H23N5O5S2/c1-33-21-5-3-4-6-22(21)35(31,32)28(16-18-9-13-20(14-10-18)34(2,29)30)15-17-7-11-19(12-8-17)23-24-26-27-25-23/h3-14H,15-16H2,1-2H3,(H,24,25,26,27). The maximum atomic E-state index is 13.7. The number of tetrazole rings is 1. The smallest absolute Gasteiger partial charge is 0.247 e. The lowest BCUT2D eigenvalue weighted by Gasteiger charge is -2.24. The molecule has 0 saturated heterocycles. The van der Waals surface area contributed by atoms with E-state index in [4.69, 9.17) is 4.74 Å². The van der Waals surface area contributed by atoms with E-state index in [1.54, 1.807) is 54.6 Å². The molecule has 35 heavy (non-hydrogen) atoms. The van der Waals surface area contributed by atoms with Crippen molar-refractivity contribution < 1.29 is 21.6 Å². The lowest BCUT2D eigenvalue weighted by molar-refractivity contribution is 0.382. The number of rotatable bonds is 9. The van der Waals surface area contributed by atoms with Crippen LogP contribution in [-0.4, -0.2) is 55.1 Å². The fourth-order valence-corrected chi connectivity index (χ4v) is 5.69. The highest BCUT2D eigenvalue weighted by atomic mass is 32.2. The van der Waals surface area contributed by atoms with Gasteiger partial charge in [0.25, 0.3) is 0 Å². The van der Waals surface area contributed by atoms with Crippen molar-refractivity contribution in [2.24, 2.45) is 0 Å². The van der Waals surface area contributed by atoms with Crippen LogP contribution in [0.4, 0.5) is 0 Å². The van der Waals surface area contributed by atoms with Crippen molar-refractivity contribution in [2.75, 3.05) is 13.4 Å². The Morgan fingerprint density at radius 2 is 1.46 bits per heavy atom. The van der Waals surface area contributed by atoms with E-state index in [-0.39, 0.29) is 28.6 Å². The molecule has 1 heterocycles. The molecule has 0 atom stereocenters. The minimum absolute atomic E-state index is 0.0248. The number of hydrogen-bond acceptors (Lipinski definition) is 8. The lowest BCUT2D eigenvalue weighted by atomic mass is 10.1. The van der Waals surface area contributed by atoms with Gasteiger partial charge < -0.3 is 4.74 Å². The number of H-pyrrole nitrogens is 1. The number of aromatic nitrogens is 4. The Morgan fingerprint density at radius 3 is 2.00 bits per heavy atom. The molecule has 0 unspecified atom stereocenters. The Kier molecular flexibility index (Phi) is 6.96. The summed E-state index contributed by atoms with van der Waals surface area (Å²) in [6, 6.07) is 19.7. The number of nitrogens with one attached hydrogen (secondary N) is 1. The van der Waals surface area contributed by atoms with Gasteiger partial charge in [0.2, 0.25) is 15.8 Å². The summed E-state index contributed by atoms with van der Waals surface area (Å²) in [5.74, 6) is 0.665. The Bertz CT molecular complexity index is 1500. The molecule has 12 heteroatoms. The number of sulfone groups is 1. The number of nitrogens with zero attached hydrogens (tertiary/aromatic N) is 4. The SMILES string of the molecule is COc1ccccc1S(=O)(=O)N(Cc1ccc(-c2nn[nH]n2)cc1)Cc1ccc(S(C)(=O)=O)cc1. The molecule has 0 bridgehead atoms. The third kappa shape index (κ3) is 5.56. The van der Waals surface area contributed by atoms with E-state index in [1.807, 2.05) is 0 Å². The number of para-hydroxylation sites is 1. The van der Waals surface area contributed by atoms with E-state index < -0.39 is 19.9 Å². The van der Waals surface area contributed by atoms with Crippen LogP contribution in [0.25, 0.3) is 11.4 Å². The summed E-state index contributed by atoms with van der Waals surface area (Å²) in [6.45, 7) is 0.0950. The second-order valence-electron chi connectivity index (χ2n) is 7.77. The molecule has 1 aromatic heterocycles. The van der Waals surface area contributed by atoms with Crippen molar-refractivity contribution in [3.05, 3.63) is 83.9 Å². The van der Waals surface area contributed by atoms with Gasteiger partial charge in [-0.1, -0.05) is 48.5 Å². The topological polar surface area (TPSA) is 135 Å². The molecule has 0 fully saturated rings. The third-order valence-corrected chi connectivity index (χ3v) is 8.27. The minimum Gasteiger partial charge on any atom is -0.495 e. The minimum atomic E-state index is -3.98. The largest absolute Gasteiger partial charge is 0.495 e. The maximum absolute atomic E-state index is 13.7. The van der Waals surface area contributed by atoms with Gasteiger partial charge in [0.05, 0.1) is 12.0 Å². The van der Waals surface area contributed by atoms with Gasteiger partial charge in [-0.05, 0) is 40.6 Å². The van der Waals surface area contributed by atoms with Gasteiger partial charge in [0.15, 0.2) is 9.84 Å². The van der Waals surface area contributed by atoms with Gasteiger partial charge >= 0.3 is 0 Å². The average molecular weight is 514 g/mol. The first kappa shape index (κ1) is 24.5. The second kappa shape index (κ2) is 9.94. The zero-order chi connectivity index (χ0) is 25.1. The highest BCUT2D eigenvalue weighted by Crippen LogP contribution is 2.29. The lowest BCUT2D eigenvalue weighted by Crippen LogP contribution is -2.30. The van der Waals surface area contributed by atoms with Crippen LogP contribution < -0.4 is 4.74 Å². The summed E-state index contributed by atoms with van der Waals surface area (Å²) in [5.41, 5.74) is 2.11. The average Bonchev–Trinajstić information content (AvgIpc) is 3.39. The molecule has 1 N–H and O–H groups in total. The summed E-state index contributed by atoms with van der Waals surface area (Å²) in [6.07, 6.45) is 1.12. The van der Waals surface area contributed by atoms with Crippen molar-refractivity contribution in [1.82, 2.24) is 24.9 Å². The van der Waals surface area contributed by atoms with Gasteiger partial charge in [-0.15, -0.1) is 10.2 Å². The first-order chi connectivity index (χ1) is 16.7. The predicted octanol–water partition coefficient (Wildman–Crippen LogP) is 2.67. The van der Waals surface area contributed by atoms with Crippen LogP contribution in [0.1, 0.15) is 11.1 Å². The summed E-state index contributed by atoms with van der Waals surface area (Å²) < 4.78 is 57.7. The quantitative estimate of drug-likeness (QED) is 0.361. The molecule has 0 saturated carbocycles. The number of methoxy groups -OCH3 is 1. The molecule has 4 aromatic rings. The predicted molar refractivity (Wildman–Crippen MR) is 129 cm³/mol. The highest BCUT2D eigenvalue weighted by Gasteiger charge is 2.28. The molecule has 182 valence electrons. The third-order valence-electron chi connectivity index (χ3n) is 5.31. The molecule has 0 amide bonds. The maximum Gasteiger partial charge on any atom is 0.247 e. The molecule has 0 spiro atoms. The highest BCUT2D eigenvalue weighted by molar-refractivity contribution is 7.90. The van der Waals surface area contributed by atoms with E-state index in [2.05, 4.69) is 20.6 Å². The van der Waals surface area contributed by atoms with E-state index in [1.165, 1.54) is 29.6 Å². The van der Waals surface area contributed by atoms with Crippen LogP contribution in [0, 0.1) is 0 Å². The first-order valence-electron chi connectivity index (χ1n) is 10.4. The second-order valence-corrected chi connectivity index (χ2v) is 11.7. The normalized spacial score (nSPS) is 12.1. The van der Waals surface area contributed by atoms with Crippen molar-refractivity contribution >= 4 is 19.9 Å². The van der Waals surface area contributed by atoms with Gasteiger partial charge in [0, 0.05) is 24.9 Å². The van der Waals surface area contributed by atoms with Crippen LogP contribution >= 0.6 is 0 Å². The number of aromatic amines is 1. The van der Waals surface area contributed by atoms with Crippen LogP contribution in [0.15, 0.2) is 82.6 Å². The summed E-state index contributed by atoms with van der Waals surface area (Å²) >= 11 is 0. The van der Waals surface area contributed by atoms with Crippen LogP contribution in [-0.2, 0) is 33.0 Å². The first-order valence-corrected chi connectivity index (χ1v) is 13.8. The van der Waals surface area contributed by atoms with Crippen LogP contribution in [0.5, 0.6) is 5.75 Å². The molecule has 0 aliphatic rings. The zero-order valence-electron chi connectivity index (χ0n) is 19.0. The van der Waals surface area contributed by atoms with Crippen molar-refractivity contribution in [2.45, 2.75) is 22.9 Å². The number of sulfonamides is 1. The summed E-state index contributed by atoms with van der Waals surface area (Å²) in [5, 5.41) is 13.8. The van der Waals surface area contributed by atoms with E-state index in [0.717, 1.165) is 17.4 Å². The number of benzene rings is 3. The Balaban J connectivity index is 1.69. The monoisotopic (exact) mass is 513 g/mol. The van der Waals surface area contributed by atoms with Gasteiger partial charge in [-0.2, -0.15) is 9.52 Å². The van der Waals surface area contributed by atoms with Crippen molar-refractivity contribution in [3.8, 4) is 17.1 Å². The van der Waals surface area contributed by atoms with E-state index in [0.29, 0.717) is 11.4 Å². The molecule has 10 nitrogen and oxygen atoms in total. The molecular weight excluding hydrogens is 490 g/mol. The summed E-state index contributed by atoms with van der Waals surface area (Å²) in [4.78, 5) is 0.205. The van der Waals surface area contributed by atoms with E-state index >= 15 is 0 Å². The van der Waals surface area contributed by atoms with Crippen molar-refractivity contribution in [1.29, 1.82) is 0 Å². The van der Waals surface area contributed by atoms with Crippen LogP contribution in [0.2, 0.25) is 0 Å².